The van der Waals surface area contributed by atoms with Crippen molar-refractivity contribution in [2.75, 3.05) is 13.6 Å². The van der Waals surface area contributed by atoms with Crippen LogP contribution in [-0.2, 0) is 0 Å². The summed E-state index contributed by atoms with van der Waals surface area (Å²) in [4.78, 5) is 1.72. The van der Waals surface area contributed by atoms with Gasteiger partial charge in [-0.15, -0.1) is 0 Å². The maximum atomic E-state index is 8.98. The highest BCUT2D eigenvalue weighted by Gasteiger charge is 2.14. The van der Waals surface area contributed by atoms with Crippen molar-refractivity contribution in [2.24, 2.45) is 0 Å². The van der Waals surface area contributed by atoms with Gasteiger partial charge < -0.3 is 0 Å². The highest BCUT2D eigenvalue weighted by molar-refractivity contribution is 5.24. The summed E-state index contributed by atoms with van der Waals surface area (Å²) < 4.78 is 0. The summed E-state index contributed by atoms with van der Waals surface area (Å²) in [6.07, 6.45) is 0. The van der Waals surface area contributed by atoms with E-state index in [-0.39, 0.29) is 12.6 Å². The Kier molecular flexibility index (Phi) is 3.67. The molecule has 1 aromatic rings. The average molecular weight is 185 g/mol. The van der Waals surface area contributed by atoms with Gasteiger partial charge in [0.1, 0.15) is 6.04 Å². The normalized spacial score (nSPS) is 11.7. The molecule has 70 valence electrons. The third-order valence-electron chi connectivity index (χ3n) is 2.00. The summed E-state index contributed by atoms with van der Waals surface area (Å²) in [6, 6.07) is 13.3. The van der Waals surface area contributed by atoms with Gasteiger partial charge in [0.15, 0.2) is 0 Å². The number of benzene rings is 1. The summed E-state index contributed by atoms with van der Waals surface area (Å²) in [5.41, 5.74) is 0.924. The predicted octanol–water partition coefficient (Wildman–Crippen LogP) is 1.71. The molecule has 0 radical (unpaired) electrons. The topological polar surface area (TPSA) is 50.8 Å². The molecule has 0 aromatic heterocycles. The highest BCUT2D eigenvalue weighted by atomic mass is 15.1. The van der Waals surface area contributed by atoms with E-state index in [2.05, 4.69) is 6.07 Å². The minimum Gasteiger partial charge on any atom is -0.274 e. The molecule has 0 N–H and O–H groups in total. The van der Waals surface area contributed by atoms with Crippen molar-refractivity contribution < 1.29 is 0 Å². The van der Waals surface area contributed by atoms with E-state index in [4.69, 9.17) is 10.5 Å². The molecule has 0 bridgehead atoms. The zero-order chi connectivity index (χ0) is 10.4. The smallest absolute Gasteiger partial charge is 0.124 e. The number of hydrogen-bond donors (Lipinski definition) is 0. The molecule has 0 saturated heterocycles. The summed E-state index contributed by atoms with van der Waals surface area (Å²) >= 11 is 0. The molecule has 3 nitrogen and oxygen atoms in total. The first kappa shape index (κ1) is 10.2. The first-order chi connectivity index (χ1) is 6.79. The van der Waals surface area contributed by atoms with Gasteiger partial charge in [0.25, 0.3) is 0 Å². The third kappa shape index (κ3) is 2.32. The van der Waals surface area contributed by atoms with Gasteiger partial charge in [-0.1, -0.05) is 30.3 Å². The fraction of sp³-hybridized carbons (Fsp3) is 0.273. The molecule has 0 aliphatic carbocycles. The number of rotatable bonds is 3. The summed E-state index contributed by atoms with van der Waals surface area (Å²) in [6.45, 7) is 0.257. The maximum Gasteiger partial charge on any atom is 0.124 e. The Morgan fingerprint density at radius 1 is 1.29 bits per heavy atom. The van der Waals surface area contributed by atoms with Crippen molar-refractivity contribution in [3.8, 4) is 12.1 Å². The van der Waals surface area contributed by atoms with Gasteiger partial charge >= 0.3 is 0 Å². The van der Waals surface area contributed by atoms with Crippen molar-refractivity contribution in [2.45, 2.75) is 6.04 Å². The monoisotopic (exact) mass is 185 g/mol. The van der Waals surface area contributed by atoms with E-state index in [1.54, 1.807) is 11.9 Å². The second-order valence-corrected chi connectivity index (χ2v) is 3.02. The minimum absolute atomic E-state index is 0.257. The molecule has 1 aromatic carbocycles. The van der Waals surface area contributed by atoms with Gasteiger partial charge in [-0.2, -0.15) is 10.5 Å². The summed E-state index contributed by atoms with van der Waals surface area (Å²) in [5.74, 6) is 0. The van der Waals surface area contributed by atoms with Crippen LogP contribution in [0.4, 0.5) is 0 Å². The van der Waals surface area contributed by atoms with Crippen LogP contribution in [0, 0.1) is 22.7 Å². The van der Waals surface area contributed by atoms with Crippen LogP contribution < -0.4 is 0 Å². The third-order valence-corrected chi connectivity index (χ3v) is 2.00. The molecular formula is C11H11N3. The SMILES string of the molecule is CN(CC#N)[C@@H](C#N)c1ccccc1. The standard InChI is InChI=1S/C11H11N3/c1-14(8-7-12)11(9-13)10-5-3-2-4-6-10/h2-6,11H,8H2,1H3/t11-/m0/s1. The van der Waals surface area contributed by atoms with Crippen molar-refractivity contribution in [3.63, 3.8) is 0 Å². The van der Waals surface area contributed by atoms with Crippen LogP contribution in [0.3, 0.4) is 0 Å². The van der Waals surface area contributed by atoms with E-state index in [0.717, 1.165) is 5.56 Å². The first-order valence-corrected chi connectivity index (χ1v) is 4.31. The molecule has 0 amide bonds. The fourth-order valence-electron chi connectivity index (χ4n) is 1.27. The van der Waals surface area contributed by atoms with Crippen molar-refractivity contribution >= 4 is 0 Å². The lowest BCUT2D eigenvalue weighted by molar-refractivity contribution is 0.327. The van der Waals surface area contributed by atoms with Crippen molar-refractivity contribution in [1.29, 1.82) is 10.5 Å². The summed E-state index contributed by atoms with van der Waals surface area (Å²) in [7, 11) is 1.77. The molecule has 0 fully saturated rings. The van der Waals surface area contributed by atoms with Crippen molar-refractivity contribution in [1.82, 2.24) is 4.90 Å². The van der Waals surface area contributed by atoms with Gasteiger partial charge in [0.05, 0.1) is 18.7 Å². The number of nitriles is 2. The van der Waals surface area contributed by atoms with Gasteiger partial charge in [0, 0.05) is 0 Å². The molecule has 0 aliphatic heterocycles. The van der Waals surface area contributed by atoms with Crippen LogP contribution >= 0.6 is 0 Å². The van der Waals surface area contributed by atoms with Crippen LogP contribution in [0.2, 0.25) is 0 Å². The Balaban J connectivity index is 2.85. The average Bonchev–Trinajstić information content (AvgIpc) is 2.21. The van der Waals surface area contributed by atoms with E-state index in [0.29, 0.717) is 0 Å². The lowest BCUT2D eigenvalue weighted by Gasteiger charge is -2.19. The largest absolute Gasteiger partial charge is 0.274 e. The maximum absolute atomic E-state index is 8.98. The van der Waals surface area contributed by atoms with Crippen LogP contribution in [0.15, 0.2) is 30.3 Å². The predicted molar refractivity (Wildman–Crippen MR) is 53.0 cm³/mol. The molecule has 0 aliphatic rings. The van der Waals surface area contributed by atoms with E-state index in [1.807, 2.05) is 36.4 Å². The Morgan fingerprint density at radius 3 is 2.43 bits per heavy atom. The Labute approximate surface area is 83.8 Å². The number of hydrogen-bond acceptors (Lipinski definition) is 3. The molecule has 0 unspecified atom stereocenters. The molecule has 1 rings (SSSR count). The minimum atomic E-state index is -0.337. The molecule has 0 saturated carbocycles. The first-order valence-electron chi connectivity index (χ1n) is 4.31. The van der Waals surface area contributed by atoms with Crippen LogP contribution in [0.5, 0.6) is 0 Å². The highest BCUT2D eigenvalue weighted by Crippen LogP contribution is 2.17. The Hall–Kier alpha value is -1.84. The second-order valence-electron chi connectivity index (χ2n) is 3.02. The Bertz CT molecular complexity index is 358. The molecule has 14 heavy (non-hydrogen) atoms. The van der Waals surface area contributed by atoms with Gasteiger partial charge in [-0.05, 0) is 12.6 Å². The van der Waals surface area contributed by atoms with E-state index in [9.17, 15) is 0 Å². The van der Waals surface area contributed by atoms with E-state index >= 15 is 0 Å². The Morgan fingerprint density at radius 2 is 1.93 bits per heavy atom. The van der Waals surface area contributed by atoms with Crippen LogP contribution in [-0.4, -0.2) is 18.5 Å². The lowest BCUT2D eigenvalue weighted by Crippen LogP contribution is -2.23. The number of nitrogens with zero attached hydrogens (tertiary/aromatic N) is 3. The van der Waals surface area contributed by atoms with Gasteiger partial charge in [-0.3, -0.25) is 4.90 Å². The van der Waals surface area contributed by atoms with Gasteiger partial charge in [-0.25, -0.2) is 0 Å². The second kappa shape index (κ2) is 5.01. The van der Waals surface area contributed by atoms with Crippen molar-refractivity contribution in [3.05, 3.63) is 35.9 Å². The fourth-order valence-corrected chi connectivity index (χ4v) is 1.27. The molecule has 3 heteroatoms. The van der Waals surface area contributed by atoms with Gasteiger partial charge in [0.2, 0.25) is 0 Å². The molecule has 0 heterocycles. The molecule has 0 spiro atoms. The quantitative estimate of drug-likeness (QED) is 0.673. The molecule has 1 atom stereocenters. The zero-order valence-electron chi connectivity index (χ0n) is 8.01. The summed E-state index contributed by atoms with van der Waals surface area (Å²) in [5, 5.41) is 17.5. The molecular weight excluding hydrogens is 174 g/mol. The van der Waals surface area contributed by atoms with Crippen LogP contribution in [0.1, 0.15) is 11.6 Å². The van der Waals surface area contributed by atoms with Crippen LogP contribution in [0.25, 0.3) is 0 Å². The van der Waals surface area contributed by atoms with E-state index < -0.39 is 0 Å². The zero-order valence-corrected chi connectivity index (χ0v) is 8.01. The lowest BCUT2D eigenvalue weighted by atomic mass is 10.1. The van der Waals surface area contributed by atoms with E-state index in [1.165, 1.54) is 0 Å².